The molecule has 1 saturated heterocycles. The zero-order valence-corrected chi connectivity index (χ0v) is 14.1. The number of benzene rings is 2. The van der Waals surface area contributed by atoms with Crippen LogP contribution in [0.15, 0.2) is 60.7 Å². The van der Waals surface area contributed by atoms with Gasteiger partial charge in [-0.05, 0) is 18.1 Å². The Bertz CT molecular complexity index is 576. The summed E-state index contributed by atoms with van der Waals surface area (Å²) in [4.78, 5) is 0. The Morgan fingerprint density at radius 2 is 1.48 bits per heavy atom. The van der Waals surface area contributed by atoms with Gasteiger partial charge in [0.1, 0.15) is 5.44 Å². The third-order valence-electron chi connectivity index (χ3n) is 3.85. The lowest BCUT2D eigenvalue weighted by molar-refractivity contribution is -0.0635. The fraction of sp³-hybridized carbons (Fsp3) is 0.368. The van der Waals surface area contributed by atoms with Gasteiger partial charge in [0.25, 0.3) is 0 Å². The summed E-state index contributed by atoms with van der Waals surface area (Å²) in [7, 11) is 0. The highest BCUT2D eigenvalue weighted by Gasteiger charge is 2.31. The van der Waals surface area contributed by atoms with E-state index in [0.717, 1.165) is 6.42 Å². The Morgan fingerprint density at radius 1 is 0.913 bits per heavy atom. The van der Waals surface area contributed by atoms with E-state index in [1.165, 1.54) is 23.2 Å². The molecule has 0 spiro atoms. The zero-order valence-electron chi connectivity index (χ0n) is 13.3. The molecular weight excluding hydrogens is 308 g/mol. The normalized spacial score (nSPS) is 24.5. The maximum Gasteiger partial charge on any atom is 0.131 e. The summed E-state index contributed by atoms with van der Waals surface area (Å²) >= 11 is 1.41. The van der Waals surface area contributed by atoms with Crippen LogP contribution in [-0.2, 0) is 26.9 Å². The van der Waals surface area contributed by atoms with E-state index in [1.807, 2.05) is 36.4 Å². The van der Waals surface area contributed by atoms with E-state index in [1.54, 1.807) is 0 Å². The number of rotatable bonds is 6. The molecule has 1 fully saturated rings. The van der Waals surface area contributed by atoms with Crippen molar-refractivity contribution in [2.45, 2.75) is 44.2 Å². The van der Waals surface area contributed by atoms with Crippen LogP contribution in [0.4, 0.5) is 0 Å². The van der Waals surface area contributed by atoms with Gasteiger partial charge in [-0.25, -0.2) is 0 Å². The summed E-state index contributed by atoms with van der Waals surface area (Å²) in [6.07, 6.45) is 0.961. The molecule has 2 aromatic carbocycles. The number of hydrogen-bond acceptors (Lipinski definition) is 4. The molecule has 1 heterocycles. The van der Waals surface area contributed by atoms with Gasteiger partial charge >= 0.3 is 0 Å². The number of hydrogen-bond donors (Lipinski definition) is 0. The topological polar surface area (TPSA) is 27.7 Å². The minimum absolute atomic E-state index is 0.00665. The molecular formula is C19H22O3S. The zero-order chi connectivity index (χ0) is 15.9. The average molecular weight is 330 g/mol. The van der Waals surface area contributed by atoms with Crippen LogP contribution in [0.3, 0.4) is 0 Å². The molecule has 1 unspecified atom stereocenters. The fourth-order valence-corrected chi connectivity index (χ4v) is 3.29. The fourth-order valence-electron chi connectivity index (χ4n) is 2.47. The van der Waals surface area contributed by atoms with Crippen molar-refractivity contribution in [3.8, 4) is 0 Å². The second kappa shape index (κ2) is 8.50. The van der Waals surface area contributed by atoms with Gasteiger partial charge in [-0.3, -0.25) is 0 Å². The van der Waals surface area contributed by atoms with Crippen molar-refractivity contribution < 1.29 is 13.7 Å². The molecule has 0 aromatic heterocycles. The van der Waals surface area contributed by atoms with Crippen molar-refractivity contribution in [3.05, 3.63) is 71.8 Å². The Kier molecular flexibility index (Phi) is 6.11. The lowest BCUT2D eigenvalue weighted by atomic mass is 10.1. The van der Waals surface area contributed by atoms with Crippen LogP contribution in [0.5, 0.6) is 0 Å². The van der Waals surface area contributed by atoms with Crippen molar-refractivity contribution in [1.82, 2.24) is 0 Å². The molecule has 0 N–H and O–H groups in total. The van der Waals surface area contributed by atoms with Gasteiger partial charge in [0.15, 0.2) is 0 Å². The SMILES string of the molecule is C[C@@H]1OS[C@H](OCc2ccccc2)CC1OCc1ccccc1. The summed E-state index contributed by atoms with van der Waals surface area (Å²) in [6, 6.07) is 20.4. The molecule has 3 nitrogen and oxygen atoms in total. The van der Waals surface area contributed by atoms with E-state index in [4.69, 9.17) is 13.7 Å². The Labute approximate surface area is 142 Å². The summed E-state index contributed by atoms with van der Waals surface area (Å²) in [5.41, 5.74) is 2.36. The first-order chi connectivity index (χ1) is 11.3. The van der Waals surface area contributed by atoms with Gasteiger partial charge in [0.05, 0.1) is 25.4 Å². The van der Waals surface area contributed by atoms with E-state index in [2.05, 4.69) is 31.2 Å². The second-order valence-electron chi connectivity index (χ2n) is 5.69. The minimum atomic E-state index is 0.00665. The van der Waals surface area contributed by atoms with E-state index in [-0.39, 0.29) is 17.6 Å². The maximum atomic E-state index is 6.05. The predicted molar refractivity (Wildman–Crippen MR) is 92.8 cm³/mol. The van der Waals surface area contributed by atoms with Crippen molar-refractivity contribution in [3.63, 3.8) is 0 Å². The van der Waals surface area contributed by atoms with Gasteiger partial charge in [-0.2, -0.15) is 0 Å². The smallest absolute Gasteiger partial charge is 0.131 e. The van der Waals surface area contributed by atoms with Crippen LogP contribution in [-0.4, -0.2) is 17.6 Å². The summed E-state index contributed by atoms with van der Waals surface area (Å²) in [6.45, 7) is 3.26. The van der Waals surface area contributed by atoms with Crippen LogP contribution >= 0.6 is 12.0 Å². The third kappa shape index (κ3) is 5.08. The number of ether oxygens (including phenoxy) is 2. The Balaban J connectivity index is 1.48. The molecule has 4 heteroatoms. The highest BCUT2D eigenvalue weighted by Crippen LogP contribution is 2.32. The van der Waals surface area contributed by atoms with Gasteiger partial charge in [-0.1, -0.05) is 60.7 Å². The predicted octanol–water partition coefficient (Wildman–Crippen LogP) is 4.57. The first kappa shape index (κ1) is 16.5. The molecule has 0 bridgehead atoms. The Hall–Kier alpha value is -1.33. The summed E-state index contributed by atoms with van der Waals surface area (Å²) in [5.74, 6) is 0. The molecule has 0 saturated carbocycles. The molecule has 0 aliphatic carbocycles. The molecule has 122 valence electrons. The average Bonchev–Trinajstić information content (AvgIpc) is 2.62. The first-order valence-electron chi connectivity index (χ1n) is 7.94. The highest BCUT2D eigenvalue weighted by atomic mass is 32.2. The molecule has 1 aliphatic heterocycles. The molecule has 3 atom stereocenters. The monoisotopic (exact) mass is 330 g/mol. The second-order valence-corrected chi connectivity index (χ2v) is 6.61. The maximum absolute atomic E-state index is 6.05. The molecule has 0 amide bonds. The van der Waals surface area contributed by atoms with Crippen LogP contribution in [0.2, 0.25) is 0 Å². The largest absolute Gasteiger partial charge is 0.371 e. The summed E-state index contributed by atoms with van der Waals surface area (Å²) < 4.78 is 17.7. The quantitative estimate of drug-likeness (QED) is 0.725. The standard InChI is InChI=1S/C19H22O3S/c1-15-18(20-13-16-8-4-2-5-9-16)12-19(23-22-15)21-14-17-10-6-3-7-11-17/h2-11,15,18-19H,12-14H2,1H3/t15-,18?,19-/m0/s1. The van der Waals surface area contributed by atoms with Gasteiger partial charge < -0.3 is 13.7 Å². The Morgan fingerprint density at radius 3 is 2.09 bits per heavy atom. The van der Waals surface area contributed by atoms with Crippen LogP contribution < -0.4 is 0 Å². The van der Waals surface area contributed by atoms with E-state index < -0.39 is 0 Å². The summed E-state index contributed by atoms with van der Waals surface area (Å²) in [5, 5.41) is 0. The van der Waals surface area contributed by atoms with E-state index in [9.17, 15) is 0 Å². The van der Waals surface area contributed by atoms with Crippen LogP contribution in [0.25, 0.3) is 0 Å². The molecule has 1 aliphatic rings. The van der Waals surface area contributed by atoms with E-state index >= 15 is 0 Å². The molecule has 0 radical (unpaired) electrons. The van der Waals surface area contributed by atoms with Crippen molar-refractivity contribution in [1.29, 1.82) is 0 Å². The first-order valence-corrected chi connectivity index (χ1v) is 8.75. The van der Waals surface area contributed by atoms with Gasteiger partial charge in [-0.15, -0.1) is 0 Å². The minimum Gasteiger partial charge on any atom is -0.371 e. The third-order valence-corrected chi connectivity index (χ3v) is 4.81. The van der Waals surface area contributed by atoms with Crippen molar-refractivity contribution in [2.75, 3.05) is 0 Å². The van der Waals surface area contributed by atoms with Gasteiger partial charge in [0.2, 0.25) is 0 Å². The van der Waals surface area contributed by atoms with Crippen LogP contribution in [0, 0.1) is 0 Å². The highest BCUT2D eigenvalue weighted by molar-refractivity contribution is 7.95. The molecule has 23 heavy (non-hydrogen) atoms. The van der Waals surface area contributed by atoms with Gasteiger partial charge in [0, 0.05) is 18.5 Å². The van der Waals surface area contributed by atoms with Crippen molar-refractivity contribution >= 4 is 12.0 Å². The molecule has 2 aromatic rings. The molecule has 3 rings (SSSR count). The van der Waals surface area contributed by atoms with Crippen molar-refractivity contribution in [2.24, 2.45) is 0 Å². The lowest BCUT2D eigenvalue weighted by Gasteiger charge is -2.33. The van der Waals surface area contributed by atoms with Crippen LogP contribution in [0.1, 0.15) is 24.5 Å². The van der Waals surface area contributed by atoms with E-state index in [0.29, 0.717) is 13.2 Å². The lowest BCUT2D eigenvalue weighted by Crippen LogP contribution is -2.36.